The van der Waals surface area contributed by atoms with Crippen molar-refractivity contribution in [2.45, 2.75) is 33.2 Å². The Morgan fingerprint density at radius 2 is 1.91 bits per heavy atom. The van der Waals surface area contributed by atoms with Crippen LogP contribution in [0.5, 0.6) is 0 Å². The molecule has 0 saturated carbocycles. The van der Waals surface area contributed by atoms with Gasteiger partial charge in [-0.25, -0.2) is 9.78 Å². The maximum Gasteiger partial charge on any atom is 0.414 e. The van der Waals surface area contributed by atoms with E-state index in [1.165, 1.54) is 11.1 Å². The number of piperazine rings is 1. The maximum absolute atomic E-state index is 13.2. The molecule has 2 saturated heterocycles. The Labute approximate surface area is 195 Å². The molecule has 0 unspecified atom stereocenters. The first-order valence-electron chi connectivity index (χ1n) is 11.5. The zero-order valence-corrected chi connectivity index (χ0v) is 19.8. The summed E-state index contributed by atoms with van der Waals surface area (Å²) in [6.07, 6.45) is 2.53. The SMILES string of the molecule is CCc1cnc(N2CCN(C(=O)c3ccc(N4C(=O)OC[C@H]4COC)cc3C)CC2)c(C)c1. The molecule has 2 fully saturated rings. The molecule has 8 heteroatoms. The number of ether oxygens (including phenoxy) is 2. The number of nitrogens with zero attached hydrogens (tertiary/aromatic N) is 4. The van der Waals surface area contributed by atoms with Crippen LogP contribution in [0.15, 0.2) is 30.5 Å². The number of rotatable bonds is 6. The smallest absolute Gasteiger partial charge is 0.414 e. The van der Waals surface area contributed by atoms with Crippen LogP contribution in [-0.4, -0.2) is 74.4 Å². The number of hydrogen-bond donors (Lipinski definition) is 0. The summed E-state index contributed by atoms with van der Waals surface area (Å²) < 4.78 is 10.4. The van der Waals surface area contributed by atoms with E-state index in [-0.39, 0.29) is 18.0 Å². The number of hydrogen-bond acceptors (Lipinski definition) is 6. The van der Waals surface area contributed by atoms with Crippen molar-refractivity contribution in [3.8, 4) is 0 Å². The molecule has 0 N–H and O–H groups in total. The number of carbonyl (C=O) groups excluding carboxylic acids is 2. The molecule has 2 aromatic rings. The van der Waals surface area contributed by atoms with Crippen molar-refractivity contribution in [2.75, 3.05) is 56.3 Å². The van der Waals surface area contributed by atoms with Gasteiger partial charge in [-0.3, -0.25) is 9.69 Å². The van der Waals surface area contributed by atoms with Crippen LogP contribution in [0.1, 0.15) is 34.0 Å². The Hall–Kier alpha value is -3.13. The van der Waals surface area contributed by atoms with E-state index in [9.17, 15) is 9.59 Å². The summed E-state index contributed by atoms with van der Waals surface area (Å²) in [7, 11) is 1.60. The molecule has 4 rings (SSSR count). The van der Waals surface area contributed by atoms with E-state index in [4.69, 9.17) is 9.47 Å². The number of cyclic esters (lactones) is 1. The monoisotopic (exact) mass is 452 g/mol. The van der Waals surface area contributed by atoms with Gasteiger partial charge in [0, 0.05) is 50.7 Å². The Morgan fingerprint density at radius 1 is 1.15 bits per heavy atom. The lowest BCUT2D eigenvalue weighted by Crippen LogP contribution is -2.49. The highest BCUT2D eigenvalue weighted by atomic mass is 16.6. The topological polar surface area (TPSA) is 75.2 Å². The van der Waals surface area contributed by atoms with Gasteiger partial charge in [0.25, 0.3) is 5.91 Å². The van der Waals surface area contributed by atoms with Crippen molar-refractivity contribution in [1.82, 2.24) is 9.88 Å². The number of anilines is 2. The first-order valence-corrected chi connectivity index (χ1v) is 11.5. The molecule has 0 aliphatic carbocycles. The highest BCUT2D eigenvalue weighted by Crippen LogP contribution is 2.27. The quantitative estimate of drug-likeness (QED) is 0.670. The van der Waals surface area contributed by atoms with Crippen LogP contribution in [0.25, 0.3) is 0 Å². The molecule has 176 valence electrons. The van der Waals surface area contributed by atoms with Crippen molar-refractivity contribution < 1.29 is 19.1 Å². The van der Waals surface area contributed by atoms with E-state index < -0.39 is 0 Å². The summed E-state index contributed by atoms with van der Waals surface area (Å²) in [4.78, 5) is 35.9. The fourth-order valence-electron chi connectivity index (χ4n) is 4.57. The van der Waals surface area contributed by atoms with Crippen LogP contribution >= 0.6 is 0 Å². The largest absolute Gasteiger partial charge is 0.447 e. The fourth-order valence-corrected chi connectivity index (χ4v) is 4.57. The van der Waals surface area contributed by atoms with Crippen LogP contribution in [0, 0.1) is 13.8 Å². The molecule has 2 amide bonds. The van der Waals surface area contributed by atoms with Gasteiger partial charge >= 0.3 is 6.09 Å². The van der Waals surface area contributed by atoms with Crippen molar-refractivity contribution >= 4 is 23.5 Å². The average Bonchev–Trinajstić information content (AvgIpc) is 3.18. The molecule has 3 heterocycles. The van der Waals surface area contributed by atoms with Gasteiger partial charge in [-0.15, -0.1) is 0 Å². The predicted octanol–water partition coefficient (Wildman–Crippen LogP) is 3.19. The molecule has 0 bridgehead atoms. The minimum absolute atomic E-state index is 0.0159. The Bertz CT molecular complexity index is 1030. The molecule has 8 nitrogen and oxygen atoms in total. The van der Waals surface area contributed by atoms with Crippen LogP contribution in [0.2, 0.25) is 0 Å². The molecule has 33 heavy (non-hydrogen) atoms. The lowest BCUT2D eigenvalue weighted by Gasteiger charge is -2.36. The van der Waals surface area contributed by atoms with Gasteiger partial charge in [-0.2, -0.15) is 0 Å². The molecule has 2 aliphatic heterocycles. The fraction of sp³-hybridized carbons (Fsp3) is 0.480. The zero-order chi connectivity index (χ0) is 23.5. The predicted molar refractivity (Wildman–Crippen MR) is 127 cm³/mol. The van der Waals surface area contributed by atoms with Crippen molar-refractivity contribution in [1.29, 1.82) is 0 Å². The van der Waals surface area contributed by atoms with E-state index >= 15 is 0 Å². The number of aryl methyl sites for hydroxylation is 3. The summed E-state index contributed by atoms with van der Waals surface area (Å²) in [5, 5.41) is 0. The van der Waals surface area contributed by atoms with Crippen molar-refractivity contribution in [3.63, 3.8) is 0 Å². The van der Waals surface area contributed by atoms with E-state index in [2.05, 4.69) is 29.8 Å². The number of methoxy groups -OCH3 is 1. The van der Waals surface area contributed by atoms with Gasteiger partial charge < -0.3 is 19.3 Å². The number of aromatic nitrogens is 1. The number of pyridine rings is 1. The third kappa shape index (κ3) is 4.66. The highest BCUT2D eigenvalue weighted by molar-refractivity contribution is 5.97. The summed E-state index contributed by atoms with van der Waals surface area (Å²) in [5.41, 5.74) is 4.62. The van der Waals surface area contributed by atoms with E-state index in [1.807, 2.05) is 36.2 Å². The standard InChI is InChI=1S/C25H32N4O4/c1-5-19-12-18(3)23(26-14-19)27-8-10-28(11-9-27)24(30)22-7-6-20(13-17(22)2)29-21(15-32-4)16-33-25(29)31/h6-7,12-14,21H,5,8-11,15-16H2,1-4H3/t21-/m1/s1. The van der Waals surface area contributed by atoms with Crippen LogP contribution in [-0.2, 0) is 15.9 Å². The summed E-state index contributed by atoms with van der Waals surface area (Å²) >= 11 is 0. The maximum atomic E-state index is 13.2. The first-order chi connectivity index (χ1) is 15.9. The third-order valence-electron chi connectivity index (χ3n) is 6.42. The van der Waals surface area contributed by atoms with Gasteiger partial charge in [-0.05, 0) is 55.2 Å². The van der Waals surface area contributed by atoms with Gasteiger partial charge in [0.05, 0.1) is 12.6 Å². The molecule has 2 aliphatic rings. The second-order valence-corrected chi connectivity index (χ2v) is 8.67. The lowest BCUT2D eigenvalue weighted by molar-refractivity contribution is 0.0745. The van der Waals surface area contributed by atoms with Crippen molar-refractivity contribution in [2.24, 2.45) is 0 Å². The summed E-state index contributed by atoms with van der Waals surface area (Å²) in [6, 6.07) is 7.53. The average molecular weight is 453 g/mol. The minimum atomic E-state index is -0.387. The van der Waals surface area contributed by atoms with E-state index in [0.717, 1.165) is 36.6 Å². The summed E-state index contributed by atoms with van der Waals surface area (Å²) in [5.74, 6) is 1.02. The Morgan fingerprint density at radius 3 is 2.55 bits per heavy atom. The highest BCUT2D eigenvalue weighted by Gasteiger charge is 2.34. The molecule has 0 spiro atoms. The van der Waals surface area contributed by atoms with Crippen LogP contribution in [0.3, 0.4) is 0 Å². The lowest BCUT2D eigenvalue weighted by atomic mass is 10.0. The van der Waals surface area contributed by atoms with Gasteiger partial charge in [-0.1, -0.05) is 13.0 Å². The minimum Gasteiger partial charge on any atom is -0.447 e. The normalized spacial score (nSPS) is 18.6. The van der Waals surface area contributed by atoms with E-state index in [0.29, 0.717) is 31.9 Å². The van der Waals surface area contributed by atoms with Gasteiger partial charge in [0.2, 0.25) is 0 Å². The Balaban J connectivity index is 1.43. The number of benzene rings is 1. The van der Waals surface area contributed by atoms with Crippen LogP contribution < -0.4 is 9.80 Å². The second kappa shape index (κ2) is 9.79. The molecule has 1 aromatic heterocycles. The zero-order valence-electron chi connectivity index (χ0n) is 19.8. The second-order valence-electron chi connectivity index (χ2n) is 8.67. The van der Waals surface area contributed by atoms with E-state index in [1.54, 1.807) is 12.0 Å². The Kier molecular flexibility index (Phi) is 6.83. The molecule has 1 aromatic carbocycles. The number of amides is 2. The van der Waals surface area contributed by atoms with Gasteiger partial charge in [0.1, 0.15) is 12.4 Å². The van der Waals surface area contributed by atoms with Crippen LogP contribution in [0.4, 0.5) is 16.3 Å². The molecule has 1 atom stereocenters. The first kappa shape index (κ1) is 23.0. The third-order valence-corrected chi connectivity index (χ3v) is 6.42. The van der Waals surface area contributed by atoms with Gasteiger partial charge in [0.15, 0.2) is 0 Å². The molecule has 0 radical (unpaired) electrons. The molecular formula is C25H32N4O4. The number of carbonyl (C=O) groups is 2. The summed E-state index contributed by atoms with van der Waals surface area (Å²) in [6.45, 7) is 9.61. The van der Waals surface area contributed by atoms with Crippen molar-refractivity contribution in [3.05, 3.63) is 52.7 Å². The molecular weight excluding hydrogens is 420 g/mol.